The molecule has 0 aromatic heterocycles. The Balaban J connectivity index is 0.000000215. The molecule has 0 amide bonds. The minimum atomic E-state index is 0. The second-order valence-corrected chi connectivity index (χ2v) is 3.00. The van der Waals surface area contributed by atoms with E-state index < -0.39 is 0 Å². The molecule has 0 N–H and O–H groups in total. The van der Waals surface area contributed by atoms with Crippen LogP contribution in [0.3, 0.4) is 0 Å². The van der Waals surface area contributed by atoms with Crippen LogP contribution in [-0.4, -0.2) is 0 Å². The summed E-state index contributed by atoms with van der Waals surface area (Å²) in [6.07, 6.45) is 0. The second-order valence-electron chi connectivity index (χ2n) is 2.18. The van der Waals surface area contributed by atoms with Gasteiger partial charge in [-0.3, -0.25) is 0 Å². The average molecular weight is 394 g/mol. The van der Waals surface area contributed by atoms with Crippen molar-refractivity contribution in [2.45, 2.75) is 0 Å². The first-order valence-corrected chi connectivity index (χ1v) is 4.29. The minimum Gasteiger partial charge on any atom is -0.214 e. The van der Waals surface area contributed by atoms with E-state index in [0.717, 1.165) is 0 Å². The smallest absolute Gasteiger partial charge is 0.214 e. The van der Waals surface area contributed by atoms with Crippen LogP contribution in [0, 0.1) is 0 Å². The standard InChI is InChI=1S/C5H3Cl2.C5H5.Pt/c6-4-2-1-3-5(4)7;1-2-4-5-3-1;/h1-3H;1-5H;/q2*-1;+2. The van der Waals surface area contributed by atoms with Crippen LogP contribution in [0.15, 0.2) is 48.5 Å². The molecule has 13 heavy (non-hydrogen) atoms. The fraction of sp³-hybridized carbons (Fsp3) is 0. The fourth-order valence-corrected chi connectivity index (χ4v) is 0.969. The Labute approximate surface area is 102 Å². The molecule has 3 heteroatoms. The van der Waals surface area contributed by atoms with Crippen molar-refractivity contribution in [3.8, 4) is 0 Å². The third-order valence-electron chi connectivity index (χ3n) is 1.27. The summed E-state index contributed by atoms with van der Waals surface area (Å²) in [5.74, 6) is 0. The van der Waals surface area contributed by atoms with Gasteiger partial charge in [-0.25, -0.2) is 18.2 Å². The van der Waals surface area contributed by atoms with Crippen molar-refractivity contribution in [2.24, 2.45) is 0 Å². The Bertz CT molecular complexity index is 265. The number of halogens is 2. The van der Waals surface area contributed by atoms with E-state index in [1.807, 2.05) is 36.4 Å². The van der Waals surface area contributed by atoms with E-state index in [9.17, 15) is 0 Å². The van der Waals surface area contributed by atoms with Crippen molar-refractivity contribution < 1.29 is 21.1 Å². The predicted octanol–water partition coefficient (Wildman–Crippen LogP) is 4.12. The molecule has 0 saturated heterocycles. The molecule has 0 aliphatic heterocycles. The summed E-state index contributed by atoms with van der Waals surface area (Å²) in [6.45, 7) is 0. The summed E-state index contributed by atoms with van der Waals surface area (Å²) in [7, 11) is 0. The molecule has 0 spiro atoms. The van der Waals surface area contributed by atoms with Crippen LogP contribution in [0.4, 0.5) is 0 Å². The normalized spacial score (nSPS) is 8.15. The number of hydrogen-bond acceptors (Lipinski definition) is 0. The van der Waals surface area contributed by atoms with Crippen LogP contribution < -0.4 is 0 Å². The van der Waals surface area contributed by atoms with Crippen molar-refractivity contribution in [3.05, 3.63) is 58.6 Å². The molecule has 0 bridgehead atoms. The van der Waals surface area contributed by atoms with E-state index in [1.165, 1.54) is 0 Å². The van der Waals surface area contributed by atoms with Crippen LogP contribution in [-0.2, 0) is 21.1 Å². The molecule has 0 heterocycles. The third-order valence-corrected chi connectivity index (χ3v) is 2.02. The Morgan fingerprint density at radius 1 is 1.15 bits per heavy atom. The van der Waals surface area contributed by atoms with Crippen molar-refractivity contribution in [1.82, 2.24) is 0 Å². The van der Waals surface area contributed by atoms with Crippen LogP contribution in [0.5, 0.6) is 0 Å². The molecule has 0 aliphatic rings. The summed E-state index contributed by atoms with van der Waals surface area (Å²) < 4.78 is 0. The molecule has 72 valence electrons. The van der Waals surface area contributed by atoms with E-state index >= 15 is 0 Å². The molecule has 0 unspecified atom stereocenters. The molecule has 0 fully saturated rings. The summed E-state index contributed by atoms with van der Waals surface area (Å²) in [4.78, 5) is 0. The van der Waals surface area contributed by atoms with Crippen LogP contribution in [0.25, 0.3) is 0 Å². The summed E-state index contributed by atoms with van der Waals surface area (Å²) in [6, 6.07) is 15.3. The Morgan fingerprint density at radius 2 is 1.77 bits per heavy atom. The Hall–Kier alpha value is -0.0317. The molecule has 0 saturated carbocycles. The first-order chi connectivity index (χ1) is 5.80. The Kier molecular flexibility index (Phi) is 7.36. The van der Waals surface area contributed by atoms with Gasteiger partial charge in [0.2, 0.25) is 0 Å². The number of hydrogen-bond donors (Lipinski definition) is 0. The van der Waals surface area contributed by atoms with Gasteiger partial charge < -0.3 is 0 Å². The second kappa shape index (κ2) is 7.38. The summed E-state index contributed by atoms with van der Waals surface area (Å²) in [5.41, 5.74) is 0. The zero-order valence-corrected chi connectivity index (χ0v) is 10.5. The van der Waals surface area contributed by atoms with Gasteiger partial charge in [0, 0.05) is 0 Å². The monoisotopic (exact) mass is 393 g/mol. The van der Waals surface area contributed by atoms with Gasteiger partial charge in [0.05, 0.1) is 0 Å². The topological polar surface area (TPSA) is 0 Å². The zero-order chi connectivity index (χ0) is 8.81. The van der Waals surface area contributed by atoms with Gasteiger partial charge in [-0.15, -0.1) is 11.6 Å². The van der Waals surface area contributed by atoms with E-state index in [4.69, 9.17) is 23.2 Å². The van der Waals surface area contributed by atoms with Gasteiger partial charge >= 0.3 is 21.1 Å². The van der Waals surface area contributed by atoms with Crippen LogP contribution in [0.2, 0.25) is 10.0 Å². The van der Waals surface area contributed by atoms with Gasteiger partial charge in [-0.1, -0.05) is 10.0 Å². The quantitative estimate of drug-likeness (QED) is 0.590. The maximum absolute atomic E-state index is 5.49. The summed E-state index contributed by atoms with van der Waals surface area (Å²) >= 11 is 11.0. The molecule has 0 atom stereocenters. The van der Waals surface area contributed by atoms with Crippen LogP contribution in [0.1, 0.15) is 0 Å². The maximum Gasteiger partial charge on any atom is 2.00 e. The van der Waals surface area contributed by atoms with E-state index in [1.54, 1.807) is 12.1 Å². The zero-order valence-electron chi connectivity index (χ0n) is 6.69. The maximum atomic E-state index is 5.49. The largest absolute Gasteiger partial charge is 2.00 e. The third kappa shape index (κ3) is 5.31. The minimum absolute atomic E-state index is 0. The molecule has 0 aliphatic carbocycles. The SMILES string of the molecule is Clc1ccc[c-]1Cl.[Pt+2].c1cc[cH-]c1. The van der Waals surface area contributed by atoms with Gasteiger partial charge in [-0.2, -0.15) is 41.9 Å². The van der Waals surface area contributed by atoms with E-state index in [-0.39, 0.29) is 21.1 Å². The average Bonchev–Trinajstić information content (AvgIpc) is 2.67. The molecule has 0 nitrogen and oxygen atoms in total. The molecular weight excluding hydrogens is 386 g/mol. The van der Waals surface area contributed by atoms with Gasteiger partial charge in [0.15, 0.2) is 0 Å². The predicted molar refractivity (Wildman–Crippen MR) is 54.1 cm³/mol. The van der Waals surface area contributed by atoms with Crippen molar-refractivity contribution in [1.29, 1.82) is 0 Å². The van der Waals surface area contributed by atoms with Crippen molar-refractivity contribution in [3.63, 3.8) is 0 Å². The van der Waals surface area contributed by atoms with E-state index in [2.05, 4.69) is 0 Å². The fourth-order valence-electron chi connectivity index (χ4n) is 0.697. The van der Waals surface area contributed by atoms with Crippen molar-refractivity contribution in [2.75, 3.05) is 0 Å². The first kappa shape index (κ1) is 13.0. The number of rotatable bonds is 0. The Morgan fingerprint density at radius 3 is 1.92 bits per heavy atom. The molecule has 2 aromatic carbocycles. The van der Waals surface area contributed by atoms with Gasteiger partial charge in [0.1, 0.15) is 0 Å². The van der Waals surface area contributed by atoms with Gasteiger partial charge in [-0.05, 0) is 0 Å². The first-order valence-electron chi connectivity index (χ1n) is 3.54. The van der Waals surface area contributed by atoms with Crippen LogP contribution >= 0.6 is 23.2 Å². The molecule has 2 aromatic rings. The van der Waals surface area contributed by atoms with Gasteiger partial charge in [0.25, 0.3) is 0 Å². The van der Waals surface area contributed by atoms with Crippen molar-refractivity contribution >= 4 is 23.2 Å². The molecule has 2 rings (SSSR count). The summed E-state index contributed by atoms with van der Waals surface area (Å²) in [5, 5.41) is 1.25. The molecule has 0 radical (unpaired) electrons. The molecular formula is C10H8Cl2Pt. The van der Waals surface area contributed by atoms with E-state index in [0.29, 0.717) is 10.0 Å².